The third kappa shape index (κ3) is 2.53. The van der Waals surface area contributed by atoms with Crippen LogP contribution in [0, 0.1) is 5.92 Å². The summed E-state index contributed by atoms with van der Waals surface area (Å²) < 4.78 is 0. The molecular formula is C21H24N2O. The number of fused-ring (bicyclic) bond motifs is 1. The molecule has 3 aliphatic rings. The van der Waals surface area contributed by atoms with Gasteiger partial charge in [-0.05, 0) is 47.6 Å². The molecule has 3 N–H and O–H groups in total. The molecule has 3 aliphatic carbocycles. The van der Waals surface area contributed by atoms with Crippen molar-refractivity contribution in [2.24, 2.45) is 11.7 Å². The number of nitrogens with two attached hydrogens (primary N) is 1. The highest BCUT2D eigenvalue weighted by Crippen LogP contribution is 2.55. The van der Waals surface area contributed by atoms with Crippen molar-refractivity contribution < 1.29 is 4.79 Å². The van der Waals surface area contributed by atoms with Crippen molar-refractivity contribution in [1.29, 1.82) is 0 Å². The van der Waals surface area contributed by atoms with Crippen molar-refractivity contribution in [2.45, 2.75) is 31.1 Å². The average molecular weight is 320 g/mol. The molecule has 0 aromatic heterocycles. The van der Waals surface area contributed by atoms with E-state index in [-0.39, 0.29) is 5.91 Å². The minimum atomic E-state index is 0.128. The minimum Gasteiger partial charge on any atom is -0.356 e. The molecule has 0 radical (unpaired) electrons. The summed E-state index contributed by atoms with van der Waals surface area (Å²) >= 11 is 0. The van der Waals surface area contributed by atoms with Crippen molar-refractivity contribution in [3.05, 3.63) is 70.8 Å². The number of hydrogen-bond acceptors (Lipinski definition) is 2. The zero-order valence-corrected chi connectivity index (χ0v) is 13.9. The number of rotatable bonds is 5. The molecule has 5 rings (SSSR count). The number of hydrogen-bond donors (Lipinski definition) is 2. The van der Waals surface area contributed by atoms with Gasteiger partial charge in [-0.2, -0.15) is 0 Å². The van der Waals surface area contributed by atoms with Gasteiger partial charge in [-0.25, -0.2) is 0 Å². The zero-order chi connectivity index (χ0) is 16.5. The standard InChI is InChI=1S/C21H24N2O/c22-11-5-10-20(24)23-13-14-12-19-15-6-1-3-8-17(15)21(14)18-9-4-2-7-16(18)19/h1-4,6-9,14,19,21H,5,10-13,22H2,(H,23,24). The molecule has 24 heavy (non-hydrogen) atoms. The van der Waals surface area contributed by atoms with Crippen molar-refractivity contribution in [2.75, 3.05) is 13.1 Å². The molecule has 124 valence electrons. The maximum atomic E-state index is 12.0. The molecule has 3 nitrogen and oxygen atoms in total. The summed E-state index contributed by atoms with van der Waals surface area (Å²) in [6, 6.07) is 17.7. The van der Waals surface area contributed by atoms with Gasteiger partial charge in [0.05, 0.1) is 0 Å². The van der Waals surface area contributed by atoms with Gasteiger partial charge in [0.2, 0.25) is 5.91 Å². The zero-order valence-electron chi connectivity index (χ0n) is 13.9. The lowest BCUT2D eigenvalue weighted by Crippen LogP contribution is -2.39. The first-order valence-corrected chi connectivity index (χ1v) is 8.94. The molecule has 3 heteroatoms. The van der Waals surface area contributed by atoms with Crippen molar-refractivity contribution in [1.82, 2.24) is 5.32 Å². The van der Waals surface area contributed by atoms with Gasteiger partial charge in [0.15, 0.2) is 0 Å². The van der Waals surface area contributed by atoms with Gasteiger partial charge in [0.25, 0.3) is 0 Å². The molecule has 0 fully saturated rings. The van der Waals surface area contributed by atoms with Crippen molar-refractivity contribution in [3.63, 3.8) is 0 Å². The Kier molecular flexibility index (Phi) is 4.11. The molecular weight excluding hydrogens is 296 g/mol. The minimum absolute atomic E-state index is 0.128. The Bertz CT molecular complexity index is 708. The monoisotopic (exact) mass is 320 g/mol. The normalized spacial score (nSPS) is 23.5. The highest BCUT2D eigenvalue weighted by Gasteiger charge is 2.42. The van der Waals surface area contributed by atoms with E-state index in [1.54, 1.807) is 0 Å². The maximum Gasteiger partial charge on any atom is 0.220 e. The number of carbonyl (C=O) groups is 1. The lowest BCUT2D eigenvalue weighted by atomic mass is 9.59. The van der Waals surface area contributed by atoms with E-state index in [4.69, 9.17) is 5.73 Å². The smallest absolute Gasteiger partial charge is 0.220 e. The van der Waals surface area contributed by atoms with Crippen LogP contribution in [0.4, 0.5) is 0 Å². The van der Waals surface area contributed by atoms with E-state index < -0.39 is 0 Å². The van der Waals surface area contributed by atoms with Gasteiger partial charge in [0.1, 0.15) is 0 Å². The largest absolute Gasteiger partial charge is 0.356 e. The second-order valence-corrected chi connectivity index (χ2v) is 6.98. The highest BCUT2D eigenvalue weighted by atomic mass is 16.1. The second kappa shape index (κ2) is 6.40. The SMILES string of the molecule is NCCCC(=O)NCC1CC2c3ccccc3C1c1ccccc12. The molecule has 1 amide bonds. The van der Waals surface area contributed by atoms with Gasteiger partial charge in [-0.1, -0.05) is 48.5 Å². The summed E-state index contributed by atoms with van der Waals surface area (Å²) in [5.41, 5.74) is 11.4. The van der Waals surface area contributed by atoms with Gasteiger partial charge in [-0.15, -0.1) is 0 Å². The summed E-state index contributed by atoms with van der Waals surface area (Å²) in [7, 11) is 0. The predicted octanol–water partition coefficient (Wildman–Crippen LogP) is 3.14. The van der Waals surface area contributed by atoms with E-state index in [1.165, 1.54) is 22.3 Å². The Labute approximate surface area is 143 Å². The molecule has 2 bridgehead atoms. The highest BCUT2D eigenvalue weighted by molar-refractivity contribution is 5.75. The van der Waals surface area contributed by atoms with Crippen molar-refractivity contribution in [3.8, 4) is 0 Å². The molecule has 0 saturated carbocycles. The molecule has 2 aromatic rings. The number of amides is 1. The second-order valence-electron chi connectivity index (χ2n) is 6.98. The van der Waals surface area contributed by atoms with Crippen LogP contribution >= 0.6 is 0 Å². The topological polar surface area (TPSA) is 55.1 Å². The lowest BCUT2D eigenvalue weighted by molar-refractivity contribution is -0.121. The van der Waals surface area contributed by atoms with Gasteiger partial charge >= 0.3 is 0 Å². The van der Waals surface area contributed by atoms with Gasteiger partial charge < -0.3 is 11.1 Å². The Hall–Kier alpha value is -2.13. The maximum absolute atomic E-state index is 12.0. The first kappa shape index (κ1) is 15.4. The summed E-state index contributed by atoms with van der Waals surface area (Å²) in [4.78, 5) is 12.0. The summed E-state index contributed by atoms with van der Waals surface area (Å²) in [6.45, 7) is 1.33. The van der Waals surface area contributed by atoms with Crippen molar-refractivity contribution >= 4 is 5.91 Å². The molecule has 0 aliphatic heterocycles. The summed E-state index contributed by atoms with van der Waals surface area (Å²) in [6.07, 6.45) is 2.41. The Morgan fingerprint density at radius 1 is 1.00 bits per heavy atom. The Balaban J connectivity index is 1.60. The fraction of sp³-hybridized carbons (Fsp3) is 0.381. The summed E-state index contributed by atoms with van der Waals surface area (Å²) in [5, 5.41) is 3.14. The summed E-state index contributed by atoms with van der Waals surface area (Å²) in [5.74, 6) is 1.47. The van der Waals surface area contributed by atoms with E-state index in [0.29, 0.717) is 30.7 Å². The van der Waals surface area contributed by atoms with Crippen LogP contribution < -0.4 is 11.1 Å². The van der Waals surface area contributed by atoms with Crippen LogP contribution in [0.5, 0.6) is 0 Å². The third-order valence-corrected chi connectivity index (χ3v) is 5.59. The molecule has 2 aromatic carbocycles. The molecule has 0 spiro atoms. The van der Waals surface area contributed by atoms with Gasteiger partial charge in [-0.3, -0.25) is 4.79 Å². The lowest BCUT2D eigenvalue weighted by Gasteiger charge is -2.45. The molecule has 1 unspecified atom stereocenters. The van der Waals surface area contributed by atoms with E-state index in [2.05, 4.69) is 53.8 Å². The molecule has 0 heterocycles. The van der Waals surface area contributed by atoms with Crippen LogP contribution in [0.2, 0.25) is 0 Å². The number of carbonyl (C=O) groups excluding carboxylic acids is 1. The van der Waals surface area contributed by atoms with E-state index in [9.17, 15) is 4.79 Å². The Morgan fingerprint density at radius 3 is 2.17 bits per heavy atom. The Morgan fingerprint density at radius 2 is 1.58 bits per heavy atom. The first-order chi connectivity index (χ1) is 11.8. The average Bonchev–Trinajstić information content (AvgIpc) is 2.65. The van der Waals surface area contributed by atoms with E-state index in [0.717, 1.165) is 19.4 Å². The molecule has 0 saturated heterocycles. The quantitative estimate of drug-likeness (QED) is 0.889. The van der Waals surface area contributed by atoms with E-state index >= 15 is 0 Å². The molecule has 1 atom stereocenters. The van der Waals surface area contributed by atoms with Crippen LogP contribution in [-0.4, -0.2) is 19.0 Å². The van der Waals surface area contributed by atoms with Crippen LogP contribution in [0.25, 0.3) is 0 Å². The van der Waals surface area contributed by atoms with Crippen LogP contribution in [0.15, 0.2) is 48.5 Å². The number of nitrogens with one attached hydrogen (secondary N) is 1. The van der Waals surface area contributed by atoms with E-state index in [1.807, 2.05) is 0 Å². The first-order valence-electron chi connectivity index (χ1n) is 8.94. The van der Waals surface area contributed by atoms with Crippen LogP contribution in [0.3, 0.4) is 0 Å². The van der Waals surface area contributed by atoms with Crippen LogP contribution in [0.1, 0.15) is 53.4 Å². The third-order valence-electron chi connectivity index (χ3n) is 5.59. The van der Waals surface area contributed by atoms with Gasteiger partial charge in [0, 0.05) is 24.8 Å². The fourth-order valence-corrected chi connectivity index (χ4v) is 4.56. The predicted molar refractivity (Wildman–Crippen MR) is 96.0 cm³/mol. The van der Waals surface area contributed by atoms with Crippen LogP contribution in [-0.2, 0) is 4.79 Å². The number of benzene rings is 2. The fourth-order valence-electron chi connectivity index (χ4n) is 4.56.